The molecule has 0 aliphatic heterocycles. The molecule has 4 heteroatoms. The first-order valence-corrected chi connectivity index (χ1v) is 5.10. The van der Waals surface area contributed by atoms with Gasteiger partial charge in [-0.05, 0) is 25.8 Å². The number of nitrogens with zero attached hydrogens (tertiary/aromatic N) is 1. The molecule has 0 aliphatic rings. The summed E-state index contributed by atoms with van der Waals surface area (Å²) in [7, 11) is 0. The van der Waals surface area contributed by atoms with Gasteiger partial charge in [0.05, 0.1) is 0 Å². The lowest BCUT2D eigenvalue weighted by Gasteiger charge is -2.30. The molecule has 1 heterocycles. The van der Waals surface area contributed by atoms with E-state index in [1.54, 1.807) is 6.07 Å². The zero-order chi connectivity index (χ0) is 11.3. The van der Waals surface area contributed by atoms with Crippen LogP contribution < -0.4 is 5.32 Å². The Morgan fingerprint density at radius 1 is 1.60 bits per heavy atom. The smallest absolute Gasteiger partial charge is 0.214 e. The first-order valence-electron chi connectivity index (χ1n) is 5.10. The Morgan fingerprint density at radius 2 is 2.33 bits per heavy atom. The van der Waals surface area contributed by atoms with Gasteiger partial charge in [0, 0.05) is 30.1 Å². The van der Waals surface area contributed by atoms with Gasteiger partial charge in [-0.1, -0.05) is 6.92 Å². The highest BCUT2D eigenvalue weighted by molar-refractivity contribution is 5.43. The summed E-state index contributed by atoms with van der Waals surface area (Å²) in [5.41, 5.74) is 0.489. The van der Waals surface area contributed by atoms with E-state index in [1.165, 1.54) is 12.3 Å². The monoisotopic (exact) mass is 212 g/mol. The van der Waals surface area contributed by atoms with E-state index in [1.807, 2.05) is 13.8 Å². The molecular formula is C11H17FN2O. The average Bonchev–Trinajstić information content (AvgIpc) is 2.18. The summed E-state index contributed by atoms with van der Waals surface area (Å²) in [6, 6.07) is 3.07. The highest BCUT2D eigenvalue weighted by Gasteiger charge is 2.20. The highest BCUT2D eigenvalue weighted by atomic mass is 19.1. The number of aromatic nitrogens is 1. The normalized spacial score (nSPS) is 14.7. The van der Waals surface area contributed by atoms with Gasteiger partial charge in [0.15, 0.2) is 0 Å². The van der Waals surface area contributed by atoms with E-state index in [0.29, 0.717) is 12.1 Å². The maximum absolute atomic E-state index is 12.8. The van der Waals surface area contributed by atoms with Crippen LogP contribution in [0.1, 0.15) is 26.7 Å². The van der Waals surface area contributed by atoms with Gasteiger partial charge in [0.1, 0.15) is 0 Å². The Labute approximate surface area is 89.4 Å². The molecule has 0 saturated heterocycles. The first-order chi connectivity index (χ1) is 7.09. The van der Waals surface area contributed by atoms with Crippen molar-refractivity contribution in [1.29, 1.82) is 0 Å². The number of pyridine rings is 1. The molecular weight excluding hydrogens is 195 g/mol. The number of nitrogens with one attached hydrogen (secondary N) is 1. The third kappa shape index (κ3) is 3.47. The Morgan fingerprint density at radius 3 is 2.87 bits per heavy atom. The second-order valence-electron chi connectivity index (χ2n) is 3.88. The van der Waals surface area contributed by atoms with Crippen LogP contribution in [0, 0.1) is 5.95 Å². The summed E-state index contributed by atoms with van der Waals surface area (Å²) >= 11 is 0. The molecule has 2 N–H and O–H groups in total. The van der Waals surface area contributed by atoms with E-state index in [0.717, 1.165) is 6.42 Å². The van der Waals surface area contributed by atoms with Gasteiger partial charge in [-0.15, -0.1) is 0 Å². The Balaban J connectivity index is 2.74. The fourth-order valence-corrected chi connectivity index (χ4v) is 1.40. The van der Waals surface area contributed by atoms with E-state index in [2.05, 4.69) is 10.3 Å². The highest BCUT2D eigenvalue weighted by Crippen LogP contribution is 2.21. The van der Waals surface area contributed by atoms with Crippen molar-refractivity contribution in [2.24, 2.45) is 0 Å². The number of hydrogen-bond acceptors (Lipinski definition) is 3. The number of aliphatic hydroxyl groups excluding tert-OH is 1. The van der Waals surface area contributed by atoms with Gasteiger partial charge in [-0.2, -0.15) is 4.39 Å². The number of hydrogen-bond donors (Lipinski definition) is 2. The van der Waals surface area contributed by atoms with Crippen LogP contribution in [0.3, 0.4) is 0 Å². The van der Waals surface area contributed by atoms with Crippen LogP contribution in [0.2, 0.25) is 0 Å². The van der Waals surface area contributed by atoms with Gasteiger partial charge in [-0.3, -0.25) is 0 Å². The average molecular weight is 212 g/mol. The number of aliphatic hydroxyl groups is 1. The Bertz CT molecular complexity index is 319. The summed E-state index contributed by atoms with van der Waals surface area (Å²) in [4.78, 5) is 3.49. The quantitative estimate of drug-likeness (QED) is 0.735. The summed E-state index contributed by atoms with van der Waals surface area (Å²) < 4.78 is 12.8. The van der Waals surface area contributed by atoms with Gasteiger partial charge in [0.2, 0.25) is 5.95 Å². The largest absolute Gasteiger partial charge is 0.396 e. The van der Waals surface area contributed by atoms with Gasteiger partial charge >= 0.3 is 0 Å². The second kappa shape index (κ2) is 5.07. The van der Waals surface area contributed by atoms with Crippen molar-refractivity contribution < 1.29 is 9.50 Å². The van der Waals surface area contributed by atoms with Crippen molar-refractivity contribution in [3.8, 4) is 0 Å². The van der Waals surface area contributed by atoms with Crippen LogP contribution in [-0.2, 0) is 0 Å². The molecule has 0 aliphatic carbocycles. The van der Waals surface area contributed by atoms with Gasteiger partial charge in [-0.25, -0.2) is 4.98 Å². The standard InChI is InChI=1S/C11H17FN2O/c1-3-11(2,5-7-15)14-9-4-6-13-10(12)8-9/h4,6,8,15H,3,5,7H2,1-2H3,(H,13,14). The van der Waals surface area contributed by atoms with E-state index in [-0.39, 0.29) is 12.1 Å². The number of rotatable bonds is 5. The third-order valence-corrected chi connectivity index (χ3v) is 2.62. The maximum Gasteiger partial charge on any atom is 0.214 e. The third-order valence-electron chi connectivity index (χ3n) is 2.62. The van der Waals surface area contributed by atoms with Crippen molar-refractivity contribution in [2.75, 3.05) is 11.9 Å². The van der Waals surface area contributed by atoms with Crippen LogP contribution in [0.25, 0.3) is 0 Å². The summed E-state index contributed by atoms with van der Waals surface area (Å²) in [6.07, 6.45) is 2.91. The van der Waals surface area contributed by atoms with Crippen molar-refractivity contribution in [2.45, 2.75) is 32.2 Å². The van der Waals surface area contributed by atoms with E-state index in [4.69, 9.17) is 5.11 Å². The Kier molecular flexibility index (Phi) is 4.03. The minimum Gasteiger partial charge on any atom is -0.396 e. The molecule has 0 radical (unpaired) electrons. The molecule has 1 unspecified atom stereocenters. The second-order valence-corrected chi connectivity index (χ2v) is 3.88. The van der Waals surface area contributed by atoms with Crippen LogP contribution in [-0.4, -0.2) is 22.2 Å². The Hall–Kier alpha value is -1.16. The molecule has 0 aromatic carbocycles. The topological polar surface area (TPSA) is 45.1 Å². The predicted molar refractivity (Wildman–Crippen MR) is 58.2 cm³/mol. The number of anilines is 1. The van der Waals surface area contributed by atoms with E-state index < -0.39 is 5.95 Å². The fourth-order valence-electron chi connectivity index (χ4n) is 1.40. The summed E-state index contributed by atoms with van der Waals surface area (Å²) in [5, 5.41) is 12.1. The van der Waals surface area contributed by atoms with Crippen LogP contribution in [0.4, 0.5) is 10.1 Å². The van der Waals surface area contributed by atoms with Crippen molar-refractivity contribution in [3.05, 3.63) is 24.3 Å². The molecule has 0 amide bonds. The van der Waals surface area contributed by atoms with Gasteiger partial charge < -0.3 is 10.4 Å². The van der Waals surface area contributed by atoms with E-state index in [9.17, 15) is 4.39 Å². The molecule has 1 aromatic heterocycles. The van der Waals surface area contributed by atoms with Crippen LogP contribution in [0.5, 0.6) is 0 Å². The maximum atomic E-state index is 12.8. The minimum atomic E-state index is -0.498. The van der Waals surface area contributed by atoms with Crippen LogP contribution >= 0.6 is 0 Å². The minimum absolute atomic E-state index is 0.116. The molecule has 0 spiro atoms. The lowest BCUT2D eigenvalue weighted by molar-refractivity contribution is 0.252. The number of halogens is 1. The lowest BCUT2D eigenvalue weighted by Crippen LogP contribution is -2.35. The first kappa shape index (κ1) is 11.9. The van der Waals surface area contributed by atoms with Crippen molar-refractivity contribution >= 4 is 5.69 Å². The zero-order valence-corrected chi connectivity index (χ0v) is 9.13. The fraction of sp³-hybridized carbons (Fsp3) is 0.545. The molecule has 0 fully saturated rings. The van der Waals surface area contributed by atoms with Crippen molar-refractivity contribution in [1.82, 2.24) is 4.98 Å². The molecule has 15 heavy (non-hydrogen) atoms. The SMILES string of the molecule is CCC(C)(CCO)Nc1ccnc(F)c1. The molecule has 3 nitrogen and oxygen atoms in total. The molecule has 84 valence electrons. The van der Waals surface area contributed by atoms with Gasteiger partial charge in [0.25, 0.3) is 0 Å². The molecule has 1 atom stereocenters. The molecule has 0 saturated carbocycles. The molecule has 1 rings (SSSR count). The summed E-state index contributed by atoms with van der Waals surface area (Å²) in [5.74, 6) is -0.498. The summed E-state index contributed by atoms with van der Waals surface area (Å²) in [6.45, 7) is 4.15. The molecule has 1 aromatic rings. The van der Waals surface area contributed by atoms with Crippen molar-refractivity contribution in [3.63, 3.8) is 0 Å². The zero-order valence-electron chi connectivity index (χ0n) is 9.13. The van der Waals surface area contributed by atoms with Crippen LogP contribution in [0.15, 0.2) is 18.3 Å². The molecule has 0 bridgehead atoms. The predicted octanol–water partition coefficient (Wildman–Crippen LogP) is 2.18. The lowest BCUT2D eigenvalue weighted by atomic mass is 9.94. The van der Waals surface area contributed by atoms with E-state index >= 15 is 0 Å².